The molecule has 0 bridgehead atoms. The lowest BCUT2D eigenvalue weighted by atomic mass is 10.2. The molecule has 0 spiro atoms. The minimum Gasteiger partial charge on any atom is -0.325 e. The van der Waals surface area contributed by atoms with Gasteiger partial charge in [0.05, 0.1) is 11.9 Å². The van der Waals surface area contributed by atoms with Crippen molar-refractivity contribution in [3.8, 4) is 0 Å². The van der Waals surface area contributed by atoms with Crippen LogP contribution in [0.2, 0.25) is 0 Å². The van der Waals surface area contributed by atoms with Crippen molar-refractivity contribution < 1.29 is 4.79 Å². The maximum absolute atomic E-state index is 11.0. The Hall–Kier alpha value is -1.66. The summed E-state index contributed by atoms with van der Waals surface area (Å²) in [6.45, 7) is 4.32. The number of hydrogen-bond donors (Lipinski definition) is 3. The summed E-state index contributed by atoms with van der Waals surface area (Å²) in [5.74, 6) is -0.0440. The van der Waals surface area contributed by atoms with Crippen molar-refractivity contribution in [2.45, 2.75) is 26.4 Å². The second-order valence-electron chi connectivity index (χ2n) is 4.07. The van der Waals surface area contributed by atoms with Gasteiger partial charge in [0.25, 0.3) is 0 Å². The Morgan fingerprint density at radius 1 is 1.61 bits per heavy atom. The van der Waals surface area contributed by atoms with Gasteiger partial charge in [0.2, 0.25) is 5.91 Å². The molecule has 1 amide bonds. The van der Waals surface area contributed by atoms with Crippen LogP contribution in [-0.4, -0.2) is 16.1 Å². The number of rotatable bonds is 5. The first-order valence-electron chi connectivity index (χ1n) is 5.73. The van der Waals surface area contributed by atoms with Gasteiger partial charge in [-0.2, -0.15) is 5.10 Å². The average Bonchev–Trinajstić information content (AvgIpc) is 2.95. The van der Waals surface area contributed by atoms with Gasteiger partial charge in [-0.1, -0.05) is 0 Å². The van der Waals surface area contributed by atoms with Crippen LogP contribution in [0.4, 0.5) is 5.69 Å². The number of amides is 1. The topological polar surface area (TPSA) is 69.8 Å². The molecule has 18 heavy (non-hydrogen) atoms. The van der Waals surface area contributed by atoms with Crippen molar-refractivity contribution in [2.24, 2.45) is 0 Å². The van der Waals surface area contributed by atoms with Gasteiger partial charge in [0.15, 0.2) is 0 Å². The minimum absolute atomic E-state index is 0.0440. The van der Waals surface area contributed by atoms with Gasteiger partial charge in [0.1, 0.15) is 0 Å². The summed E-state index contributed by atoms with van der Waals surface area (Å²) in [7, 11) is 0. The molecule has 3 N–H and O–H groups in total. The first-order valence-corrected chi connectivity index (χ1v) is 6.61. The smallest absolute Gasteiger partial charge is 0.221 e. The predicted octanol–water partition coefficient (Wildman–Crippen LogP) is 2.28. The number of carbonyl (C=O) groups excluding carboxylic acids is 1. The largest absolute Gasteiger partial charge is 0.325 e. The van der Waals surface area contributed by atoms with Crippen LogP contribution in [0.3, 0.4) is 0 Å². The number of H-pyrrole nitrogens is 1. The summed E-state index contributed by atoms with van der Waals surface area (Å²) in [5.41, 5.74) is 2.01. The molecule has 2 rings (SSSR count). The van der Waals surface area contributed by atoms with Crippen molar-refractivity contribution in [3.05, 3.63) is 34.3 Å². The van der Waals surface area contributed by atoms with Gasteiger partial charge in [-0.25, -0.2) is 0 Å². The standard InChI is InChI=1S/C12H16N4OS/c1-8(10-5-14-15-6-10)13-7-12-11(3-4-18-12)16-9(2)17/h3-6,8,13H,7H2,1-2H3,(H,14,15)(H,16,17). The first-order chi connectivity index (χ1) is 8.66. The fraction of sp³-hybridized carbons (Fsp3) is 0.333. The van der Waals surface area contributed by atoms with Gasteiger partial charge in [0, 0.05) is 36.1 Å². The van der Waals surface area contributed by atoms with Gasteiger partial charge in [-0.15, -0.1) is 11.3 Å². The molecule has 0 aliphatic heterocycles. The third-order valence-electron chi connectivity index (χ3n) is 2.64. The van der Waals surface area contributed by atoms with Crippen molar-refractivity contribution in [3.63, 3.8) is 0 Å². The molecule has 2 aromatic heterocycles. The maximum atomic E-state index is 11.0. The number of anilines is 1. The number of hydrogen-bond acceptors (Lipinski definition) is 4. The second-order valence-corrected chi connectivity index (χ2v) is 5.07. The molecule has 6 heteroatoms. The van der Waals surface area contributed by atoms with Crippen molar-refractivity contribution in [1.29, 1.82) is 0 Å². The van der Waals surface area contributed by atoms with Gasteiger partial charge in [-0.05, 0) is 18.4 Å². The number of aromatic amines is 1. The number of nitrogens with zero attached hydrogens (tertiary/aromatic N) is 1. The molecular weight excluding hydrogens is 248 g/mol. The quantitative estimate of drug-likeness (QED) is 0.776. The summed E-state index contributed by atoms with van der Waals surface area (Å²) in [6, 6.07) is 2.14. The molecule has 0 fully saturated rings. The molecule has 2 heterocycles. The molecular formula is C12H16N4OS. The third kappa shape index (κ3) is 3.18. The number of thiophene rings is 1. The Balaban J connectivity index is 1.94. The normalized spacial score (nSPS) is 12.3. The Bertz CT molecular complexity index is 506. The third-order valence-corrected chi connectivity index (χ3v) is 3.57. The van der Waals surface area contributed by atoms with E-state index in [2.05, 4.69) is 27.8 Å². The van der Waals surface area contributed by atoms with E-state index in [0.29, 0.717) is 0 Å². The van der Waals surface area contributed by atoms with Gasteiger partial charge in [-0.3, -0.25) is 9.89 Å². The molecule has 0 radical (unpaired) electrons. The predicted molar refractivity (Wildman–Crippen MR) is 72.5 cm³/mol. The van der Waals surface area contributed by atoms with E-state index < -0.39 is 0 Å². The van der Waals surface area contributed by atoms with E-state index in [0.717, 1.165) is 22.7 Å². The molecule has 0 aliphatic carbocycles. The summed E-state index contributed by atoms with van der Waals surface area (Å²) >= 11 is 1.63. The van der Waals surface area contributed by atoms with E-state index in [-0.39, 0.29) is 11.9 Å². The van der Waals surface area contributed by atoms with E-state index in [1.165, 1.54) is 6.92 Å². The monoisotopic (exact) mass is 264 g/mol. The SMILES string of the molecule is CC(=O)Nc1ccsc1CNC(C)c1cn[nH]c1. The van der Waals surface area contributed by atoms with E-state index in [1.807, 2.05) is 17.6 Å². The highest BCUT2D eigenvalue weighted by atomic mass is 32.1. The average molecular weight is 264 g/mol. The highest BCUT2D eigenvalue weighted by molar-refractivity contribution is 7.10. The Morgan fingerprint density at radius 2 is 2.44 bits per heavy atom. The lowest BCUT2D eigenvalue weighted by Gasteiger charge is -2.12. The van der Waals surface area contributed by atoms with Crippen LogP contribution in [0.15, 0.2) is 23.8 Å². The molecule has 0 aliphatic rings. The molecule has 0 saturated heterocycles. The molecule has 0 aromatic carbocycles. The highest BCUT2D eigenvalue weighted by Crippen LogP contribution is 2.23. The van der Waals surface area contributed by atoms with Crippen LogP contribution in [0.25, 0.3) is 0 Å². The number of carbonyl (C=O) groups is 1. The summed E-state index contributed by atoms with van der Waals surface area (Å²) < 4.78 is 0. The second kappa shape index (κ2) is 5.79. The van der Waals surface area contributed by atoms with Gasteiger partial charge >= 0.3 is 0 Å². The van der Waals surface area contributed by atoms with Crippen LogP contribution in [-0.2, 0) is 11.3 Å². The van der Waals surface area contributed by atoms with Crippen LogP contribution < -0.4 is 10.6 Å². The Kier molecular flexibility index (Phi) is 4.11. The number of aromatic nitrogens is 2. The lowest BCUT2D eigenvalue weighted by Crippen LogP contribution is -2.18. The van der Waals surface area contributed by atoms with Gasteiger partial charge < -0.3 is 10.6 Å². The minimum atomic E-state index is -0.0440. The zero-order valence-electron chi connectivity index (χ0n) is 10.4. The zero-order chi connectivity index (χ0) is 13.0. The fourth-order valence-corrected chi connectivity index (χ4v) is 2.42. The Labute approximate surface area is 110 Å². The van der Waals surface area contributed by atoms with Crippen LogP contribution in [0, 0.1) is 0 Å². The summed E-state index contributed by atoms with van der Waals surface area (Å²) in [4.78, 5) is 12.2. The van der Waals surface area contributed by atoms with E-state index in [1.54, 1.807) is 17.5 Å². The number of nitrogens with one attached hydrogen (secondary N) is 3. The Morgan fingerprint density at radius 3 is 3.11 bits per heavy atom. The summed E-state index contributed by atoms with van der Waals surface area (Å²) in [6.07, 6.45) is 3.68. The first kappa shape index (κ1) is 12.8. The molecule has 5 nitrogen and oxygen atoms in total. The van der Waals surface area contributed by atoms with E-state index in [9.17, 15) is 4.79 Å². The highest BCUT2D eigenvalue weighted by Gasteiger charge is 2.09. The zero-order valence-corrected chi connectivity index (χ0v) is 11.2. The van der Waals surface area contributed by atoms with Crippen molar-refractivity contribution >= 4 is 22.9 Å². The van der Waals surface area contributed by atoms with Crippen molar-refractivity contribution in [1.82, 2.24) is 15.5 Å². The molecule has 1 unspecified atom stereocenters. The molecule has 2 aromatic rings. The molecule has 96 valence electrons. The maximum Gasteiger partial charge on any atom is 0.221 e. The molecule has 0 saturated carbocycles. The fourth-order valence-electron chi connectivity index (χ4n) is 1.64. The lowest BCUT2D eigenvalue weighted by molar-refractivity contribution is -0.114. The van der Waals surface area contributed by atoms with Crippen LogP contribution in [0.5, 0.6) is 0 Å². The van der Waals surface area contributed by atoms with Crippen molar-refractivity contribution in [2.75, 3.05) is 5.32 Å². The van der Waals surface area contributed by atoms with Crippen LogP contribution in [0.1, 0.15) is 30.3 Å². The van der Waals surface area contributed by atoms with E-state index >= 15 is 0 Å². The van der Waals surface area contributed by atoms with Crippen LogP contribution >= 0.6 is 11.3 Å². The summed E-state index contributed by atoms with van der Waals surface area (Å²) in [5, 5.41) is 14.9. The molecule has 1 atom stereocenters. The van der Waals surface area contributed by atoms with E-state index in [4.69, 9.17) is 0 Å².